The van der Waals surface area contributed by atoms with Crippen LogP contribution in [0.15, 0.2) is 53.9 Å². The maximum Gasteiger partial charge on any atom is 0.181 e. The van der Waals surface area contributed by atoms with E-state index in [1.54, 1.807) is 30.3 Å². The number of thiophene rings is 1. The number of fused-ring (bicyclic) bond motifs is 1. The second-order valence-corrected chi connectivity index (χ2v) is 10.4. The van der Waals surface area contributed by atoms with Crippen LogP contribution in [0.1, 0.15) is 60.0 Å². The highest BCUT2D eigenvalue weighted by molar-refractivity contribution is 7.17. The number of hydrogen-bond donors (Lipinski definition) is 0. The molecule has 0 amide bonds. The molecule has 0 saturated carbocycles. The Morgan fingerprint density at radius 2 is 1.67 bits per heavy atom. The van der Waals surface area contributed by atoms with E-state index in [-0.39, 0.29) is 35.6 Å². The summed E-state index contributed by atoms with van der Waals surface area (Å²) in [5.41, 5.74) is 2.86. The molecule has 0 atom stereocenters. The molecule has 0 spiro atoms. The number of pyridine rings is 1. The molecule has 2 aromatic carbocycles. The number of ketones is 2. The van der Waals surface area contributed by atoms with Crippen molar-refractivity contribution in [3.63, 3.8) is 0 Å². The SMILES string of the molecule is COc1ccc(C(=O)CCC(=O)c2cc(C(C)(C)C)cc(-c3csc4c(F)cccc34)n2)cc1OC. The molecule has 0 bridgehead atoms. The third-order valence-corrected chi connectivity index (χ3v) is 7.09. The number of ether oxygens (including phenoxy) is 2. The van der Waals surface area contributed by atoms with Crippen LogP contribution in [0, 0.1) is 5.82 Å². The molecule has 0 radical (unpaired) electrons. The average molecular weight is 506 g/mol. The van der Waals surface area contributed by atoms with Crippen molar-refractivity contribution in [2.24, 2.45) is 0 Å². The quantitative estimate of drug-likeness (QED) is 0.236. The van der Waals surface area contributed by atoms with Crippen molar-refractivity contribution in [3.05, 3.63) is 76.5 Å². The van der Waals surface area contributed by atoms with E-state index in [0.29, 0.717) is 33.2 Å². The standard InChI is InChI=1S/C29H28FNO4S/c1-29(2,3)18-14-22(20-16-36-28-19(20)7-6-8-21(28)30)31-23(15-18)25(33)11-10-24(32)17-9-12-26(34-4)27(13-17)35-5/h6-9,12-16H,10-11H2,1-5H3. The summed E-state index contributed by atoms with van der Waals surface area (Å²) < 4.78 is 25.3. The van der Waals surface area contributed by atoms with Gasteiger partial charge in [0.25, 0.3) is 0 Å². The van der Waals surface area contributed by atoms with Gasteiger partial charge in [0.15, 0.2) is 23.1 Å². The summed E-state index contributed by atoms with van der Waals surface area (Å²) >= 11 is 1.32. The van der Waals surface area contributed by atoms with Crippen molar-refractivity contribution in [3.8, 4) is 22.8 Å². The minimum Gasteiger partial charge on any atom is -0.493 e. The van der Waals surface area contributed by atoms with E-state index >= 15 is 0 Å². The molecule has 186 valence electrons. The van der Waals surface area contributed by atoms with Crippen molar-refractivity contribution in [1.29, 1.82) is 0 Å². The van der Waals surface area contributed by atoms with E-state index in [1.165, 1.54) is 31.6 Å². The van der Waals surface area contributed by atoms with Gasteiger partial charge in [-0.3, -0.25) is 9.59 Å². The normalized spacial score (nSPS) is 11.5. The lowest BCUT2D eigenvalue weighted by molar-refractivity contribution is 0.0914. The van der Waals surface area contributed by atoms with Crippen molar-refractivity contribution < 1.29 is 23.5 Å². The lowest BCUT2D eigenvalue weighted by Crippen LogP contribution is -2.15. The van der Waals surface area contributed by atoms with Crippen molar-refractivity contribution in [2.75, 3.05) is 14.2 Å². The van der Waals surface area contributed by atoms with E-state index in [4.69, 9.17) is 9.47 Å². The van der Waals surface area contributed by atoms with E-state index in [0.717, 1.165) is 16.5 Å². The summed E-state index contributed by atoms with van der Waals surface area (Å²) in [6.45, 7) is 6.19. The average Bonchev–Trinajstić information content (AvgIpc) is 3.31. The molecule has 7 heteroatoms. The Hall–Kier alpha value is -3.58. The van der Waals surface area contributed by atoms with Gasteiger partial charge in [-0.1, -0.05) is 32.9 Å². The fraction of sp³-hybridized carbons (Fsp3) is 0.276. The van der Waals surface area contributed by atoms with E-state index in [2.05, 4.69) is 25.8 Å². The van der Waals surface area contributed by atoms with E-state index < -0.39 is 0 Å². The summed E-state index contributed by atoms with van der Waals surface area (Å²) in [5.74, 6) is 0.318. The molecular formula is C29H28FNO4S. The zero-order valence-electron chi connectivity index (χ0n) is 21.0. The highest BCUT2D eigenvalue weighted by atomic mass is 32.1. The fourth-order valence-electron chi connectivity index (χ4n) is 3.97. The molecule has 4 rings (SSSR count). The van der Waals surface area contributed by atoms with Crippen LogP contribution in [0.25, 0.3) is 21.3 Å². The minimum absolute atomic E-state index is 0.0201. The molecule has 5 nitrogen and oxygen atoms in total. The number of benzene rings is 2. The lowest BCUT2D eigenvalue weighted by Gasteiger charge is -2.20. The zero-order valence-corrected chi connectivity index (χ0v) is 21.8. The van der Waals surface area contributed by atoms with Gasteiger partial charge in [-0.05, 0) is 47.4 Å². The molecule has 36 heavy (non-hydrogen) atoms. The number of hydrogen-bond acceptors (Lipinski definition) is 6. The highest BCUT2D eigenvalue weighted by Gasteiger charge is 2.22. The monoisotopic (exact) mass is 505 g/mol. The number of aromatic nitrogens is 1. The molecule has 0 saturated heterocycles. The number of methoxy groups -OCH3 is 2. The van der Waals surface area contributed by atoms with Crippen LogP contribution in [0.3, 0.4) is 0 Å². The number of Topliss-reactive ketones (excluding diaryl/α,β-unsaturated/α-hetero) is 2. The van der Waals surface area contributed by atoms with Crippen molar-refractivity contribution >= 4 is 33.0 Å². The molecule has 2 aromatic heterocycles. The third kappa shape index (κ3) is 5.16. The van der Waals surface area contributed by atoms with Gasteiger partial charge in [0, 0.05) is 34.7 Å². The summed E-state index contributed by atoms with van der Waals surface area (Å²) in [6.07, 6.45) is 0.0594. The van der Waals surface area contributed by atoms with Crippen LogP contribution in [0.2, 0.25) is 0 Å². The summed E-state index contributed by atoms with van der Waals surface area (Å²) in [7, 11) is 3.03. The predicted octanol–water partition coefficient (Wildman–Crippen LogP) is 7.26. The van der Waals surface area contributed by atoms with Crippen LogP contribution in [-0.4, -0.2) is 30.8 Å². The first-order valence-corrected chi connectivity index (χ1v) is 12.5. The Bertz CT molecular complexity index is 1450. The van der Waals surface area contributed by atoms with Crippen LogP contribution in [0.5, 0.6) is 11.5 Å². The summed E-state index contributed by atoms with van der Waals surface area (Å²) in [4.78, 5) is 30.7. The summed E-state index contributed by atoms with van der Waals surface area (Å²) in [6, 6.07) is 13.7. The number of nitrogens with zero attached hydrogens (tertiary/aromatic N) is 1. The molecule has 0 aliphatic heterocycles. The molecule has 0 aliphatic rings. The van der Waals surface area contributed by atoms with Crippen LogP contribution in [0.4, 0.5) is 4.39 Å². The Morgan fingerprint density at radius 3 is 2.36 bits per heavy atom. The second kappa shape index (κ2) is 10.2. The Labute approximate surface area is 213 Å². The third-order valence-electron chi connectivity index (χ3n) is 6.09. The van der Waals surface area contributed by atoms with Gasteiger partial charge in [-0.2, -0.15) is 0 Å². The molecule has 0 fully saturated rings. The Balaban J connectivity index is 1.63. The first-order chi connectivity index (χ1) is 17.1. The topological polar surface area (TPSA) is 65.5 Å². The number of carbonyl (C=O) groups excluding carboxylic acids is 2. The largest absolute Gasteiger partial charge is 0.493 e. The highest BCUT2D eigenvalue weighted by Crippen LogP contribution is 2.36. The molecule has 0 N–H and O–H groups in total. The fourth-order valence-corrected chi connectivity index (χ4v) is 4.94. The van der Waals surface area contributed by atoms with E-state index in [1.807, 2.05) is 17.5 Å². The minimum atomic E-state index is -0.277. The molecular weight excluding hydrogens is 477 g/mol. The van der Waals surface area contributed by atoms with Gasteiger partial charge < -0.3 is 9.47 Å². The maximum atomic E-state index is 14.3. The Morgan fingerprint density at radius 1 is 0.944 bits per heavy atom. The van der Waals surface area contributed by atoms with Gasteiger partial charge in [-0.25, -0.2) is 9.37 Å². The van der Waals surface area contributed by atoms with Crippen LogP contribution < -0.4 is 9.47 Å². The number of halogens is 1. The van der Waals surface area contributed by atoms with Gasteiger partial charge in [0.2, 0.25) is 0 Å². The molecule has 0 unspecified atom stereocenters. The summed E-state index contributed by atoms with van der Waals surface area (Å²) in [5, 5.41) is 2.64. The first-order valence-electron chi connectivity index (χ1n) is 11.6. The zero-order chi connectivity index (χ0) is 26.0. The van der Waals surface area contributed by atoms with Crippen LogP contribution in [-0.2, 0) is 5.41 Å². The Kier molecular flexibility index (Phi) is 7.22. The molecule has 4 aromatic rings. The van der Waals surface area contributed by atoms with Crippen molar-refractivity contribution in [2.45, 2.75) is 39.0 Å². The first kappa shape index (κ1) is 25.5. The maximum absolute atomic E-state index is 14.3. The number of rotatable bonds is 8. The van der Waals surface area contributed by atoms with Crippen molar-refractivity contribution in [1.82, 2.24) is 4.98 Å². The molecule has 0 aliphatic carbocycles. The smallest absolute Gasteiger partial charge is 0.181 e. The van der Waals surface area contributed by atoms with Crippen LogP contribution >= 0.6 is 11.3 Å². The lowest BCUT2D eigenvalue weighted by atomic mass is 9.85. The van der Waals surface area contributed by atoms with E-state index in [9.17, 15) is 14.0 Å². The van der Waals surface area contributed by atoms with Gasteiger partial charge in [0.05, 0.1) is 24.6 Å². The second-order valence-electron chi connectivity index (χ2n) is 9.56. The van der Waals surface area contributed by atoms with Gasteiger partial charge in [0.1, 0.15) is 11.5 Å². The van der Waals surface area contributed by atoms with Gasteiger partial charge in [-0.15, -0.1) is 11.3 Å². The molecule has 2 heterocycles. The predicted molar refractivity (Wildman–Crippen MR) is 141 cm³/mol. The van der Waals surface area contributed by atoms with Gasteiger partial charge >= 0.3 is 0 Å². The number of carbonyl (C=O) groups is 2.